The molecule has 4 heteroatoms. The molecule has 0 aliphatic heterocycles. The highest BCUT2D eigenvalue weighted by molar-refractivity contribution is 5.74. The number of urea groups is 1. The topological polar surface area (TPSA) is 45.2 Å². The fourth-order valence-corrected chi connectivity index (χ4v) is 2.71. The Balaban J connectivity index is 1.80. The van der Waals surface area contributed by atoms with Crippen LogP contribution in [0.4, 0.5) is 4.79 Å². The van der Waals surface area contributed by atoms with Crippen LogP contribution in [0.25, 0.3) is 0 Å². The second-order valence-electron chi connectivity index (χ2n) is 6.40. The zero-order valence-corrected chi connectivity index (χ0v) is 15.0. The van der Waals surface area contributed by atoms with Crippen LogP contribution in [0.3, 0.4) is 0 Å². The van der Waals surface area contributed by atoms with E-state index in [1.54, 1.807) is 11.1 Å². The van der Waals surface area contributed by atoms with Gasteiger partial charge >= 0.3 is 6.03 Å². The molecule has 0 radical (unpaired) electrons. The third-order valence-corrected chi connectivity index (χ3v) is 4.38. The van der Waals surface area contributed by atoms with Crippen molar-refractivity contribution in [1.29, 1.82) is 0 Å². The summed E-state index contributed by atoms with van der Waals surface area (Å²) in [6.45, 7) is 6.89. The SMILES string of the molecule is Cc1ccc(CCNC(=O)N(C)C(C)Cc2ccccn2)c(C)c1. The summed E-state index contributed by atoms with van der Waals surface area (Å²) in [4.78, 5) is 18.4. The molecule has 0 fully saturated rings. The standard InChI is InChI=1S/C20H27N3O/c1-15-8-9-18(16(2)13-15)10-12-22-20(24)23(4)17(3)14-19-7-5-6-11-21-19/h5-9,11,13,17H,10,12,14H2,1-4H3,(H,22,24). The number of likely N-dealkylation sites (N-methyl/N-ethyl adjacent to an activating group) is 1. The van der Waals surface area contributed by atoms with Crippen LogP contribution < -0.4 is 5.32 Å². The molecule has 1 unspecified atom stereocenters. The van der Waals surface area contributed by atoms with Crippen molar-refractivity contribution in [3.8, 4) is 0 Å². The van der Waals surface area contributed by atoms with Crippen molar-refractivity contribution in [2.75, 3.05) is 13.6 Å². The number of aryl methyl sites for hydroxylation is 2. The van der Waals surface area contributed by atoms with Crippen molar-refractivity contribution < 1.29 is 4.79 Å². The van der Waals surface area contributed by atoms with Gasteiger partial charge in [-0.2, -0.15) is 0 Å². The highest BCUT2D eigenvalue weighted by Gasteiger charge is 2.16. The fraction of sp³-hybridized carbons (Fsp3) is 0.400. The molecular formula is C20H27N3O. The van der Waals surface area contributed by atoms with Gasteiger partial charge in [0, 0.05) is 37.9 Å². The number of hydrogen-bond acceptors (Lipinski definition) is 2. The lowest BCUT2D eigenvalue weighted by atomic mass is 10.0. The van der Waals surface area contributed by atoms with Crippen molar-refractivity contribution in [3.63, 3.8) is 0 Å². The molecule has 1 aromatic carbocycles. The molecule has 0 spiro atoms. The molecule has 24 heavy (non-hydrogen) atoms. The number of rotatable bonds is 6. The molecule has 2 rings (SSSR count). The van der Waals surface area contributed by atoms with Gasteiger partial charge in [-0.25, -0.2) is 4.79 Å². The first-order chi connectivity index (χ1) is 11.5. The number of nitrogens with zero attached hydrogens (tertiary/aromatic N) is 2. The molecule has 1 atom stereocenters. The number of aromatic nitrogens is 1. The zero-order valence-electron chi connectivity index (χ0n) is 15.0. The number of benzene rings is 1. The van der Waals surface area contributed by atoms with Gasteiger partial charge < -0.3 is 10.2 Å². The molecule has 1 aromatic heterocycles. The summed E-state index contributed by atoms with van der Waals surface area (Å²) in [6, 6.07) is 12.4. The smallest absolute Gasteiger partial charge is 0.317 e. The molecule has 0 saturated heterocycles. The average molecular weight is 325 g/mol. The third-order valence-electron chi connectivity index (χ3n) is 4.38. The number of nitrogens with one attached hydrogen (secondary N) is 1. The Labute approximate surface area is 144 Å². The number of hydrogen-bond donors (Lipinski definition) is 1. The van der Waals surface area contributed by atoms with Gasteiger partial charge in [-0.05, 0) is 50.5 Å². The van der Waals surface area contributed by atoms with E-state index in [-0.39, 0.29) is 12.1 Å². The van der Waals surface area contributed by atoms with Gasteiger partial charge in [0.25, 0.3) is 0 Å². The normalized spacial score (nSPS) is 11.8. The van der Waals surface area contributed by atoms with Crippen LogP contribution >= 0.6 is 0 Å². The number of pyridine rings is 1. The van der Waals surface area contributed by atoms with Crippen LogP contribution in [0.5, 0.6) is 0 Å². The van der Waals surface area contributed by atoms with Crippen LogP contribution in [0.2, 0.25) is 0 Å². The predicted molar refractivity (Wildman–Crippen MR) is 98.2 cm³/mol. The summed E-state index contributed by atoms with van der Waals surface area (Å²) < 4.78 is 0. The molecule has 1 N–H and O–H groups in total. The lowest BCUT2D eigenvalue weighted by Gasteiger charge is -2.25. The van der Waals surface area contributed by atoms with Crippen molar-refractivity contribution in [2.45, 2.75) is 39.7 Å². The molecular weight excluding hydrogens is 298 g/mol. The van der Waals surface area contributed by atoms with E-state index >= 15 is 0 Å². The predicted octanol–water partition coefficient (Wildman–Crippen LogP) is 3.51. The molecule has 0 aliphatic carbocycles. The summed E-state index contributed by atoms with van der Waals surface area (Å²) in [7, 11) is 1.83. The van der Waals surface area contributed by atoms with Gasteiger partial charge in [0.1, 0.15) is 0 Å². The van der Waals surface area contributed by atoms with Crippen molar-refractivity contribution in [3.05, 3.63) is 65.0 Å². The zero-order chi connectivity index (χ0) is 17.5. The molecule has 2 aromatic rings. The fourth-order valence-electron chi connectivity index (χ4n) is 2.71. The van der Waals surface area contributed by atoms with Crippen LogP contribution in [-0.4, -0.2) is 35.5 Å². The van der Waals surface area contributed by atoms with Crippen LogP contribution in [-0.2, 0) is 12.8 Å². The van der Waals surface area contributed by atoms with Crippen molar-refractivity contribution >= 4 is 6.03 Å². The van der Waals surface area contributed by atoms with E-state index in [1.807, 2.05) is 32.2 Å². The van der Waals surface area contributed by atoms with E-state index < -0.39 is 0 Å². The Hall–Kier alpha value is -2.36. The van der Waals surface area contributed by atoms with Crippen molar-refractivity contribution in [2.24, 2.45) is 0 Å². The van der Waals surface area contributed by atoms with Gasteiger partial charge in [-0.3, -0.25) is 4.98 Å². The number of carbonyl (C=O) groups is 1. The largest absolute Gasteiger partial charge is 0.338 e. The summed E-state index contributed by atoms with van der Waals surface area (Å²) >= 11 is 0. The first kappa shape index (κ1) is 18.0. The maximum atomic E-state index is 12.3. The lowest BCUT2D eigenvalue weighted by molar-refractivity contribution is 0.193. The van der Waals surface area contributed by atoms with Crippen LogP contribution in [0.15, 0.2) is 42.6 Å². The Morgan fingerprint density at radius 1 is 1.25 bits per heavy atom. The number of carbonyl (C=O) groups excluding carboxylic acids is 1. The molecule has 1 heterocycles. The van der Waals surface area contributed by atoms with Gasteiger partial charge in [-0.1, -0.05) is 29.8 Å². The Morgan fingerprint density at radius 3 is 2.71 bits per heavy atom. The Kier molecular flexibility index (Phi) is 6.36. The summed E-state index contributed by atoms with van der Waals surface area (Å²) in [6.07, 6.45) is 3.38. The molecule has 0 saturated carbocycles. The van der Waals surface area contributed by atoms with Crippen LogP contribution in [0.1, 0.15) is 29.3 Å². The molecule has 2 amide bonds. The molecule has 4 nitrogen and oxygen atoms in total. The van der Waals surface area contributed by atoms with Gasteiger partial charge in [0.15, 0.2) is 0 Å². The maximum Gasteiger partial charge on any atom is 0.317 e. The highest BCUT2D eigenvalue weighted by atomic mass is 16.2. The second kappa shape index (κ2) is 8.48. The monoisotopic (exact) mass is 325 g/mol. The highest BCUT2D eigenvalue weighted by Crippen LogP contribution is 2.11. The van der Waals surface area contributed by atoms with E-state index in [1.165, 1.54) is 16.7 Å². The van der Waals surface area contributed by atoms with Crippen LogP contribution in [0, 0.1) is 13.8 Å². The van der Waals surface area contributed by atoms with E-state index in [9.17, 15) is 4.79 Å². The molecule has 0 aliphatic rings. The third kappa shape index (κ3) is 5.08. The minimum atomic E-state index is -0.0387. The van der Waals surface area contributed by atoms with Gasteiger partial charge in [0.2, 0.25) is 0 Å². The van der Waals surface area contributed by atoms with E-state index in [0.717, 1.165) is 18.5 Å². The van der Waals surface area contributed by atoms with Crippen molar-refractivity contribution in [1.82, 2.24) is 15.2 Å². The first-order valence-corrected chi connectivity index (χ1v) is 8.44. The summed E-state index contributed by atoms with van der Waals surface area (Å²) in [5.74, 6) is 0. The first-order valence-electron chi connectivity index (χ1n) is 8.44. The lowest BCUT2D eigenvalue weighted by Crippen LogP contribution is -2.43. The minimum Gasteiger partial charge on any atom is -0.338 e. The maximum absolute atomic E-state index is 12.3. The molecule has 128 valence electrons. The van der Waals surface area contributed by atoms with Gasteiger partial charge in [-0.15, -0.1) is 0 Å². The second-order valence-corrected chi connectivity index (χ2v) is 6.40. The Morgan fingerprint density at radius 2 is 2.04 bits per heavy atom. The van der Waals surface area contributed by atoms with E-state index in [4.69, 9.17) is 0 Å². The van der Waals surface area contributed by atoms with E-state index in [2.05, 4.69) is 42.3 Å². The van der Waals surface area contributed by atoms with Gasteiger partial charge in [0.05, 0.1) is 0 Å². The summed E-state index contributed by atoms with van der Waals surface area (Å²) in [5.41, 5.74) is 4.83. The minimum absolute atomic E-state index is 0.0387. The van der Waals surface area contributed by atoms with E-state index in [0.29, 0.717) is 6.54 Å². The number of amides is 2. The quantitative estimate of drug-likeness (QED) is 0.883. The Bertz CT molecular complexity index is 670. The average Bonchev–Trinajstić information content (AvgIpc) is 2.57. The molecule has 0 bridgehead atoms. The summed E-state index contributed by atoms with van der Waals surface area (Å²) in [5, 5.41) is 3.01.